The minimum atomic E-state index is 0.348. The van der Waals surface area contributed by atoms with Crippen LogP contribution in [-0.4, -0.2) is 25.4 Å². The molecule has 17 heavy (non-hydrogen) atoms. The maximum atomic E-state index is 5.77. The van der Waals surface area contributed by atoms with Gasteiger partial charge >= 0.3 is 0 Å². The van der Waals surface area contributed by atoms with Crippen molar-refractivity contribution < 1.29 is 9.47 Å². The molecule has 1 saturated heterocycles. The molecule has 1 aliphatic rings. The van der Waals surface area contributed by atoms with Crippen molar-refractivity contribution in [1.82, 2.24) is 0 Å². The Bertz CT molecular complexity index is 354. The van der Waals surface area contributed by atoms with E-state index < -0.39 is 0 Å². The first-order chi connectivity index (χ1) is 8.28. The van der Waals surface area contributed by atoms with Crippen LogP contribution in [-0.2, 0) is 4.74 Å². The van der Waals surface area contributed by atoms with Crippen LogP contribution in [0.1, 0.15) is 26.7 Å². The summed E-state index contributed by atoms with van der Waals surface area (Å²) in [5.41, 5.74) is 1.10. The largest absolute Gasteiger partial charge is 0.494 e. The van der Waals surface area contributed by atoms with Crippen molar-refractivity contribution in [2.75, 3.05) is 18.5 Å². The molecule has 0 aromatic heterocycles. The van der Waals surface area contributed by atoms with Crippen LogP contribution in [0.4, 0.5) is 5.69 Å². The molecule has 1 aromatic rings. The summed E-state index contributed by atoms with van der Waals surface area (Å²) in [4.78, 5) is 0. The molecule has 2 atom stereocenters. The first kappa shape index (κ1) is 12.2. The fourth-order valence-corrected chi connectivity index (χ4v) is 2.13. The summed E-state index contributed by atoms with van der Waals surface area (Å²) < 4.78 is 11.2. The fraction of sp³-hybridized carbons (Fsp3) is 0.571. The SMILES string of the molecule is CCOc1cccc(NCC2CCC(C)O2)c1. The van der Waals surface area contributed by atoms with Gasteiger partial charge in [-0.1, -0.05) is 6.07 Å². The van der Waals surface area contributed by atoms with Crippen molar-refractivity contribution in [2.45, 2.75) is 38.9 Å². The summed E-state index contributed by atoms with van der Waals surface area (Å²) >= 11 is 0. The highest BCUT2D eigenvalue weighted by Crippen LogP contribution is 2.21. The van der Waals surface area contributed by atoms with Crippen LogP contribution in [0.2, 0.25) is 0 Å². The molecule has 94 valence electrons. The molecule has 1 aliphatic heterocycles. The summed E-state index contributed by atoms with van der Waals surface area (Å²) in [6.07, 6.45) is 3.09. The van der Waals surface area contributed by atoms with Crippen LogP contribution < -0.4 is 10.1 Å². The number of ether oxygens (including phenoxy) is 2. The van der Waals surface area contributed by atoms with Crippen LogP contribution in [0.3, 0.4) is 0 Å². The summed E-state index contributed by atoms with van der Waals surface area (Å²) in [5, 5.41) is 3.40. The van der Waals surface area contributed by atoms with E-state index in [-0.39, 0.29) is 0 Å². The first-order valence-electron chi connectivity index (χ1n) is 6.40. The molecule has 0 radical (unpaired) electrons. The van der Waals surface area contributed by atoms with Crippen LogP contribution in [0.15, 0.2) is 24.3 Å². The Balaban J connectivity index is 1.83. The third-order valence-corrected chi connectivity index (χ3v) is 3.00. The topological polar surface area (TPSA) is 30.5 Å². The maximum absolute atomic E-state index is 5.77. The Morgan fingerprint density at radius 1 is 1.41 bits per heavy atom. The second-order valence-electron chi connectivity index (χ2n) is 4.49. The number of anilines is 1. The molecule has 3 nitrogen and oxygen atoms in total. The maximum Gasteiger partial charge on any atom is 0.121 e. The van der Waals surface area contributed by atoms with Gasteiger partial charge in [-0.15, -0.1) is 0 Å². The average Bonchev–Trinajstić information content (AvgIpc) is 2.74. The van der Waals surface area contributed by atoms with Crippen molar-refractivity contribution >= 4 is 5.69 Å². The van der Waals surface area contributed by atoms with Gasteiger partial charge in [-0.25, -0.2) is 0 Å². The first-order valence-corrected chi connectivity index (χ1v) is 6.40. The summed E-state index contributed by atoms with van der Waals surface area (Å²) in [7, 11) is 0. The number of hydrogen-bond donors (Lipinski definition) is 1. The van der Waals surface area contributed by atoms with Gasteiger partial charge < -0.3 is 14.8 Å². The predicted octanol–water partition coefficient (Wildman–Crippen LogP) is 3.06. The molecule has 0 bridgehead atoms. The lowest BCUT2D eigenvalue weighted by molar-refractivity contribution is 0.0637. The van der Waals surface area contributed by atoms with Crippen molar-refractivity contribution in [3.8, 4) is 5.75 Å². The second kappa shape index (κ2) is 5.92. The Kier molecular flexibility index (Phi) is 4.26. The lowest BCUT2D eigenvalue weighted by Gasteiger charge is -2.14. The van der Waals surface area contributed by atoms with E-state index in [4.69, 9.17) is 9.47 Å². The minimum absolute atomic E-state index is 0.348. The van der Waals surface area contributed by atoms with Crippen molar-refractivity contribution in [2.24, 2.45) is 0 Å². The van der Waals surface area contributed by atoms with Gasteiger partial charge in [-0.05, 0) is 38.8 Å². The van der Waals surface area contributed by atoms with E-state index in [9.17, 15) is 0 Å². The zero-order valence-corrected chi connectivity index (χ0v) is 10.6. The molecule has 2 unspecified atom stereocenters. The van der Waals surface area contributed by atoms with Crippen LogP contribution in [0, 0.1) is 0 Å². The highest BCUT2D eigenvalue weighted by molar-refractivity contribution is 5.48. The van der Waals surface area contributed by atoms with Crippen LogP contribution in [0.25, 0.3) is 0 Å². The molecule has 1 aromatic carbocycles. The van der Waals surface area contributed by atoms with Crippen LogP contribution >= 0.6 is 0 Å². The molecule has 0 spiro atoms. The van der Waals surface area contributed by atoms with Crippen molar-refractivity contribution in [3.05, 3.63) is 24.3 Å². The van der Waals surface area contributed by atoms with E-state index in [0.717, 1.165) is 24.4 Å². The van der Waals surface area contributed by atoms with E-state index in [1.165, 1.54) is 6.42 Å². The normalized spacial score (nSPS) is 23.6. The Morgan fingerprint density at radius 3 is 3.00 bits per heavy atom. The molecular formula is C14H21NO2. The smallest absolute Gasteiger partial charge is 0.121 e. The zero-order valence-electron chi connectivity index (χ0n) is 10.6. The van der Waals surface area contributed by atoms with E-state index >= 15 is 0 Å². The Labute approximate surface area is 103 Å². The monoisotopic (exact) mass is 235 g/mol. The predicted molar refractivity (Wildman–Crippen MR) is 69.7 cm³/mol. The second-order valence-corrected chi connectivity index (χ2v) is 4.49. The average molecular weight is 235 g/mol. The highest BCUT2D eigenvalue weighted by atomic mass is 16.5. The number of rotatable bonds is 5. The van der Waals surface area contributed by atoms with E-state index in [0.29, 0.717) is 18.8 Å². The summed E-state index contributed by atoms with van der Waals surface area (Å²) in [6, 6.07) is 8.07. The molecule has 1 N–H and O–H groups in total. The van der Waals surface area contributed by atoms with Crippen LogP contribution in [0.5, 0.6) is 5.75 Å². The van der Waals surface area contributed by atoms with Crippen molar-refractivity contribution in [3.63, 3.8) is 0 Å². The molecule has 2 rings (SSSR count). The quantitative estimate of drug-likeness (QED) is 0.850. The molecule has 1 fully saturated rings. The lowest BCUT2D eigenvalue weighted by Crippen LogP contribution is -2.19. The van der Waals surface area contributed by atoms with Gasteiger partial charge in [0, 0.05) is 18.3 Å². The number of nitrogens with one attached hydrogen (secondary N) is 1. The summed E-state index contributed by atoms with van der Waals surface area (Å²) in [6.45, 7) is 5.70. The molecule has 1 heterocycles. The fourth-order valence-electron chi connectivity index (χ4n) is 2.13. The standard InChI is InChI=1S/C14H21NO2/c1-3-16-13-6-4-5-12(9-13)15-10-14-8-7-11(2)17-14/h4-6,9,11,14-15H,3,7-8,10H2,1-2H3. The third-order valence-electron chi connectivity index (χ3n) is 3.00. The van der Waals surface area contributed by atoms with E-state index in [1.54, 1.807) is 0 Å². The van der Waals surface area contributed by atoms with E-state index in [1.807, 2.05) is 25.1 Å². The number of benzene rings is 1. The zero-order chi connectivity index (χ0) is 12.1. The van der Waals surface area contributed by atoms with Gasteiger partial charge in [0.1, 0.15) is 5.75 Å². The number of hydrogen-bond acceptors (Lipinski definition) is 3. The Hall–Kier alpha value is -1.22. The summed E-state index contributed by atoms with van der Waals surface area (Å²) in [5.74, 6) is 0.915. The van der Waals surface area contributed by atoms with Gasteiger partial charge in [0.15, 0.2) is 0 Å². The van der Waals surface area contributed by atoms with Crippen molar-refractivity contribution in [1.29, 1.82) is 0 Å². The van der Waals surface area contributed by atoms with Gasteiger partial charge in [-0.2, -0.15) is 0 Å². The molecule has 0 aliphatic carbocycles. The molecular weight excluding hydrogens is 214 g/mol. The minimum Gasteiger partial charge on any atom is -0.494 e. The van der Waals surface area contributed by atoms with Gasteiger partial charge in [0.05, 0.1) is 18.8 Å². The van der Waals surface area contributed by atoms with Gasteiger partial charge in [0.2, 0.25) is 0 Å². The molecule has 0 amide bonds. The third kappa shape index (κ3) is 3.63. The van der Waals surface area contributed by atoms with Gasteiger partial charge in [-0.3, -0.25) is 0 Å². The van der Waals surface area contributed by atoms with E-state index in [2.05, 4.69) is 18.3 Å². The van der Waals surface area contributed by atoms with Gasteiger partial charge in [0.25, 0.3) is 0 Å². The molecule has 0 saturated carbocycles. The lowest BCUT2D eigenvalue weighted by atomic mass is 10.2. The Morgan fingerprint density at radius 2 is 2.29 bits per heavy atom. The highest BCUT2D eigenvalue weighted by Gasteiger charge is 2.21. The molecule has 3 heteroatoms.